The summed E-state index contributed by atoms with van der Waals surface area (Å²) < 4.78 is 0. The maximum absolute atomic E-state index is 8.42. The Balaban J connectivity index is -0.00000000468. The first-order chi connectivity index (χ1) is 3.46. The Labute approximate surface area is 176 Å². The van der Waals surface area contributed by atoms with Gasteiger partial charge in [0.25, 0.3) is 0 Å². The average Bonchev–Trinajstić information content (AvgIpc) is 1.25. The van der Waals surface area contributed by atoms with E-state index in [1.54, 1.807) is 0 Å². The topological polar surface area (TPSA) is 264 Å². The van der Waals surface area contributed by atoms with Crippen LogP contribution in [0.4, 0.5) is 0 Å². The minimum absolute atomic E-state index is 0. The molecule has 10 nitrogen and oxygen atoms in total. The van der Waals surface area contributed by atoms with Crippen LogP contribution in [-0.4, -0.2) is 150 Å². The van der Waals surface area contributed by atoms with E-state index in [0.29, 0.717) is 0 Å². The molecule has 0 radical (unpaired) electrons. The van der Waals surface area contributed by atoms with Crippen molar-refractivity contribution >= 4 is 128 Å². The Hall–Kier alpha value is 3.51. The van der Waals surface area contributed by atoms with Crippen LogP contribution in [0.1, 0.15) is 0 Å². The van der Waals surface area contributed by atoms with Crippen molar-refractivity contribution in [3.63, 3.8) is 0 Å². The van der Waals surface area contributed by atoms with Crippen LogP contribution >= 0.6 is 0 Å². The molecule has 0 atom stereocenters. The normalized spacial score (nSPS) is 3.60. The second-order valence-corrected chi connectivity index (χ2v) is 0.577. The second-order valence-electron chi connectivity index (χ2n) is 0.577. The van der Waals surface area contributed by atoms with Crippen molar-refractivity contribution in [1.82, 2.24) is 0 Å². The van der Waals surface area contributed by atoms with Crippen molar-refractivity contribution < 1.29 is 52.0 Å². The number of rotatable bonds is 0. The zero-order valence-corrected chi connectivity index (χ0v) is 14.4. The molecule has 15 heavy (non-hydrogen) atoms. The molecular formula is H8B2Ca3O10. The van der Waals surface area contributed by atoms with Gasteiger partial charge >= 0.3 is 113 Å². The maximum atomic E-state index is 8.42. The van der Waals surface area contributed by atoms with Gasteiger partial charge in [0.15, 0.2) is 0 Å². The van der Waals surface area contributed by atoms with Crippen molar-refractivity contribution in [3.8, 4) is 0 Å². The summed E-state index contributed by atoms with van der Waals surface area (Å²) in [6.07, 6.45) is 0. The molecule has 8 N–H and O–H groups in total. The molecule has 0 heterocycles. The number of hydrogen-bond donors (Lipinski definition) is 0. The van der Waals surface area contributed by atoms with Crippen molar-refractivity contribution in [3.05, 3.63) is 0 Å². The van der Waals surface area contributed by atoms with Crippen molar-refractivity contribution in [2.45, 2.75) is 0 Å². The molecule has 0 aromatic carbocycles. The summed E-state index contributed by atoms with van der Waals surface area (Å²) in [5, 5.41) is 50.5. The molecular weight excluding hydrogens is 302 g/mol. The quantitative estimate of drug-likeness (QED) is 0.391. The van der Waals surface area contributed by atoms with Gasteiger partial charge in [-0.15, -0.1) is 0 Å². The monoisotopic (exact) mass is 310 g/mol. The molecule has 0 amide bonds. The van der Waals surface area contributed by atoms with E-state index in [1.165, 1.54) is 0 Å². The van der Waals surface area contributed by atoms with E-state index in [1.807, 2.05) is 0 Å². The van der Waals surface area contributed by atoms with Gasteiger partial charge in [0.2, 0.25) is 0 Å². The summed E-state index contributed by atoms with van der Waals surface area (Å²) in [7, 11) is -5.83. The molecule has 0 spiro atoms. The van der Waals surface area contributed by atoms with Crippen LogP contribution in [0.3, 0.4) is 0 Å². The van der Waals surface area contributed by atoms with Crippen LogP contribution in [-0.2, 0) is 0 Å². The molecule has 0 unspecified atom stereocenters. The summed E-state index contributed by atoms with van der Waals surface area (Å²) >= 11 is 0. The molecule has 0 aromatic rings. The van der Waals surface area contributed by atoms with Crippen molar-refractivity contribution in [2.24, 2.45) is 0 Å². The minimum atomic E-state index is -2.92. The molecule has 0 rings (SSSR count). The maximum Gasteiger partial charge on any atom is 2.00 e. The zero-order valence-electron chi connectivity index (χ0n) is 7.73. The third-order valence-electron chi connectivity index (χ3n) is 0. The average molecular weight is 310 g/mol. The van der Waals surface area contributed by atoms with E-state index in [9.17, 15) is 0 Å². The van der Waals surface area contributed by atoms with Gasteiger partial charge in [-0.05, 0) is 0 Å². The molecule has 0 bridgehead atoms. The van der Waals surface area contributed by atoms with Crippen LogP contribution in [0.5, 0.6) is 0 Å². The van der Waals surface area contributed by atoms with Gasteiger partial charge < -0.3 is 52.0 Å². The Bertz CT molecular complexity index is 34.1. The molecule has 80 valence electrons. The van der Waals surface area contributed by atoms with Gasteiger partial charge in [-0.1, -0.05) is 0 Å². The molecule has 0 fully saturated rings. The van der Waals surface area contributed by atoms with Gasteiger partial charge in [0.1, 0.15) is 0 Å². The Kier molecular flexibility index (Phi) is 221. The summed E-state index contributed by atoms with van der Waals surface area (Å²) in [6, 6.07) is 0. The van der Waals surface area contributed by atoms with E-state index in [2.05, 4.69) is 0 Å². The smallest absolute Gasteiger partial charge is 0.907 e. The van der Waals surface area contributed by atoms with E-state index in [0.717, 1.165) is 0 Å². The second kappa shape index (κ2) is 52.8. The van der Waals surface area contributed by atoms with E-state index in [4.69, 9.17) is 30.1 Å². The summed E-state index contributed by atoms with van der Waals surface area (Å²) in [4.78, 5) is 0. The van der Waals surface area contributed by atoms with Gasteiger partial charge in [-0.3, -0.25) is 14.6 Å². The molecule has 0 aliphatic heterocycles. The summed E-state index contributed by atoms with van der Waals surface area (Å²) in [5.74, 6) is 0. The summed E-state index contributed by atoms with van der Waals surface area (Å²) in [5.41, 5.74) is 0. The molecule has 0 saturated carbocycles. The van der Waals surface area contributed by atoms with E-state index < -0.39 is 14.6 Å². The van der Waals surface area contributed by atoms with Crippen LogP contribution in [0.15, 0.2) is 0 Å². The largest absolute Gasteiger partial charge is 2.00 e. The predicted molar refractivity (Wildman–Crippen MR) is 43.2 cm³/mol. The van der Waals surface area contributed by atoms with Crippen molar-refractivity contribution in [1.29, 1.82) is 0 Å². The molecule has 0 aromatic heterocycles. The van der Waals surface area contributed by atoms with Gasteiger partial charge in [0.05, 0.1) is 0 Å². The predicted octanol–water partition coefficient (Wildman–Crippen LogP) is -12.3. The van der Waals surface area contributed by atoms with E-state index >= 15 is 0 Å². The molecule has 0 aliphatic carbocycles. The Morgan fingerprint density at radius 2 is 0.400 bits per heavy atom. The molecule has 0 saturated heterocycles. The van der Waals surface area contributed by atoms with Crippen LogP contribution in [0.2, 0.25) is 0 Å². The fraction of sp³-hybridized carbons (Fsp3) is 0. The Morgan fingerprint density at radius 1 is 0.400 bits per heavy atom. The Morgan fingerprint density at radius 3 is 0.400 bits per heavy atom. The van der Waals surface area contributed by atoms with Crippen molar-refractivity contribution in [2.75, 3.05) is 0 Å². The first kappa shape index (κ1) is 62.8. The minimum Gasteiger partial charge on any atom is -0.907 e. The molecule has 0 aliphatic rings. The fourth-order valence-corrected chi connectivity index (χ4v) is 0. The summed E-state index contributed by atoms with van der Waals surface area (Å²) in [6.45, 7) is 0. The van der Waals surface area contributed by atoms with Gasteiger partial charge in [-0.2, -0.15) is 0 Å². The SMILES string of the molecule is O.O.O.O.[Ca+2].[Ca+2].[Ca+2].[O-]B([O-])[O-].[O-]B([O-])[O-]. The van der Waals surface area contributed by atoms with Crippen LogP contribution < -0.4 is 30.1 Å². The third kappa shape index (κ3) is 342. The standard InChI is InChI=1S/2BO3.3Ca.4H2O/c2*2-1(3)4;;;;;;;/h;;;;;4*1H2/q2*-3;3*+2;;;;. The first-order valence-corrected chi connectivity index (χ1v) is 1.41. The number of hydrogen-bond acceptors (Lipinski definition) is 6. The first-order valence-electron chi connectivity index (χ1n) is 1.41. The van der Waals surface area contributed by atoms with Crippen LogP contribution in [0.25, 0.3) is 0 Å². The van der Waals surface area contributed by atoms with Crippen LogP contribution in [0, 0.1) is 0 Å². The molecule has 15 heteroatoms. The zero-order chi connectivity index (χ0) is 7.15. The van der Waals surface area contributed by atoms with Gasteiger partial charge in [-0.25, -0.2) is 0 Å². The van der Waals surface area contributed by atoms with E-state index in [-0.39, 0.29) is 135 Å². The fourth-order valence-electron chi connectivity index (χ4n) is 0. The van der Waals surface area contributed by atoms with Gasteiger partial charge in [0, 0.05) is 0 Å². The third-order valence-corrected chi connectivity index (χ3v) is 0.